The summed E-state index contributed by atoms with van der Waals surface area (Å²) in [6, 6.07) is 36.2. The molecule has 7 rings (SSSR count). The summed E-state index contributed by atoms with van der Waals surface area (Å²) < 4.78 is 27.9. The van der Waals surface area contributed by atoms with Crippen LogP contribution in [0.2, 0.25) is 0 Å². The highest BCUT2D eigenvalue weighted by atomic mass is 32.2. The molecule has 4 N–H and O–H groups in total. The molecule has 2 aromatic heterocycles. The third-order valence-electron chi connectivity index (χ3n) is 10.3. The number of amides is 2. The van der Waals surface area contributed by atoms with Gasteiger partial charge in [-0.05, 0) is 90.9 Å². The molecule has 352 valence electrons. The second-order valence-corrected chi connectivity index (χ2v) is 15.9. The number of carbonyl (C=O) groups is 3. The first-order valence-corrected chi connectivity index (χ1v) is 22.6. The molecule has 17 nitrogen and oxygen atoms in total. The molecule has 1 aliphatic rings. The standard InChI is InChI=1S/C50H50N6O11S/c1-61-66-67-68-45-14-8-7-13-37(45)32-53-56-46-23-19-38(31-52-46)49(58)51-24-10-26-62-40-20-16-34(17-21-40)27-42(50(59)60)54-47(57)15-6-3-9-25-63-48-30-39(28-41(55-48)35-11-4-2-5-12-35)36-18-22-43-44(29-36)65-33-64-43/h2,4-5,7-8,11-14,16-23,28-32,42H,3,6,9-10,15,24-27,33H2,1H3,(H,51,58)(H,52,56)(H,54,57)(H,59,60)/b53-32+. The van der Waals surface area contributed by atoms with Crippen molar-refractivity contribution in [3.8, 4) is 45.5 Å². The molecule has 68 heavy (non-hydrogen) atoms. The molecule has 0 fully saturated rings. The number of fused-ring (bicyclic) bond motifs is 1. The number of anilines is 1. The Balaban J connectivity index is 0.773. The Bertz CT molecular complexity index is 2620. The van der Waals surface area contributed by atoms with Crippen molar-refractivity contribution in [2.75, 3.05) is 39.1 Å². The van der Waals surface area contributed by atoms with Crippen molar-refractivity contribution in [2.24, 2.45) is 5.10 Å². The number of benzene rings is 4. The summed E-state index contributed by atoms with van der Waals surface area (Å²) in [6.07, 6.45) is 5.84. The molecule has 1 aliphatic heterocycles. The number of hydrazone groups is 1. The van der Waals surface area contributed by atoms with Crippen LogP contribution in [-0.4, -0.2) is 78.8 Å². The minimum Gasteiger partial charge on any atom is -0.494 e. The number of ether oxygens (including phenoxy) is 4. The molecule has 18 heteroatoms. The summed E-state index contributed by atoms with van der Waals surface area (Å²) >= 11 is 0.971. The topological polar surface area (TPSA) is 210 Å². The second-order valence-electron chi connectivity index (χ2n) is 15.2. The fourth-order valence-electron chi connectivity index (χ4n) is 6.81. The molecule has 1 unspecified atom stereocenters. The predicted molar refractivity (Wildman–Crippen MR) is 254 cm³/mol. The van der Waals surface area contributed by atoms with Crippen LogP contribution < -0.4 is 35.0 Å². The maximum atomic E-state index is 12.8. The Morgan fingerprint density at radius 3 is 2.44 bits per heavy atom. The highest BCUT2D eigenvalue weighted by Crippen LogP contribution is 2.37. The van der Waals surface area contributed by atoms with Gasteiger partial charge in [-0.3, -0.25) is 15.0 Å². The molecule has 0 saturated carbocycles. The van der Waals surface area contributed by atoms with Crippen LogP contribution in [0.25, 0.3) is 22.4 Å². The zero-order chi connectivity index (χ0) is 47.3. The van der Waals surface area contributed by atoms with Crippen LogP contribution in [0.15, 0.2) is 138 Å². The van der Waals surface area contributed by atoms with Crippen LogP contribution in [-0.2, 0) is 30.3 Å². The third-order valence-corrected chi connectivity index (χ3v) is 11.0. The number of carboxylic acids is 1. The van der Waals surface area contributed by atoms with Crippen molar-refractivity contribution in [3.05, 3.63) is 144 Å². The van der Waals surface area contributed by atoms with Crippen molar-refractivity contribution < 1.29 is 52.7 Å². The molecule has 0 saturated heterocycles. The summed E-state index contributed by atoms with van der Waals surface area (Å²) in [7, 11) is 1.33. The van der Waals surface area contributed by atoms with E-state index in [0.29, 0.717) is 80.0 Å². The number of carboxylic acid groups (broad SMARTS) is 1. The van der Waals surface area contributed by atoms with E-state index in [2.05, 4.69) is 36.1 Å². The quantitative estimate of drug-likeness (QED) is 0.0132. The van der Waals surface area contributed by atoms with E-state index in [0.717, 1.165) is 50.4 Å². The Kier molecular flexibility index (Phi) is 18.1. The van der Waals surface area contributed by atoms with Gasteiger partial charge >= 0.3 is 5.97 Å². The third kappa shape index (κ3) is 14.7. The minimum absolute atomic E-state index is 0.110. The van der Waals surface area contributed by atoms with Gasteiger partial charge in [-0.1, -0.05) is 71.8 Å². The summed E-state index contributed by atoms with van der Waals surface area (Å²) in [5.41, 5.74) is 8.32. The monoisotopic (exact) mass is 942 g/mol. The molecular formula is C50H50N6O11S. The molecule has 3 heterocycles. The van der Waals surface area contributed by atoms with E-state index in [1.165, 1.54) is 13.3 Å². The number of pyridine rings is 2. The molecule has 0 radical (unpaired) electrons. The molecule has 0 aliphatic carbocycles. The van der Waals surface area contributed by atoms with Gasteiger partial charge in [-0.2, -0.15) is 5.10 Å². The van der Waals surface area contributed by atoms with Crippen molar-refractivity contribution in [3.63, 3.8) is 0 Å². The highest BCUT2D eigenvalue weighted by Gasteiger charge is 2.21. The Labute approximate surface area is 397 Å². The van der Waals surface area contributed by atoms with Crippen LogP contribution in [0.1, 0.15) is 53.6 Å². The Morgan fingerprint density at radius 2 is 1.63 bits per heavy atom. The first kappa shape index (κ1) is 48.4. The van der Waals surface area contributed by atoms with Gasteiger partial charge in [-0.25, -0.2) is 19.7 Å². The van der Waals surface area contributed by atoms with Gasteiger partial charge in [0.15, 0.2) is 11.5 Å². The summed E-state index contributed by atoms with van der Waals surface area (Å²) in [5, 5.41) is 24.0. The second kappa shape index (κ2) is 25.4. The van der Waals surface area contributed by atoms with Crippen molar-refractivity contribution in [1.82, 2.24) is 20.6 Å². The largest absolute Gasteiger partial charge is 0.494 e. The van der Waals surface area contributed by atoms with Gasteiger partial charge in [0.25, 0.3) is 5.91 Å². The number of aliphatic carboxylic acids is 1. The van der Waals surface area contributed by atoms with Crippen molar-refractivity contribution in [1.29, 1.82) is 0 Å². The van der Waals surface area contributed by atoms with Gasteiger partial charge in [0.05, 0.1) is 49.8 Å². The maximum Gasteiger partial charge on any atom is 0.326 e. The van der Waals surface area contributed by atoms with E-state index >= 15 is 0 Å². The number of nitrogens with zero attached hydrogens (tertiary/aromatic N) is 3. The molecular weight excluding hydrogens is 893 g/mol. The molecule has 0 spiro atoms. The maximum absolute atomic E-state index is 12.8. The lowest BCUT2D eigenvalue weighted by Crippen LogP contribution is -2.42. The molecule has 4 aromatic carbocycles. The normalized spacial score (nSPS) is 12.1. The van der Waals surface area contributed by atoms with E-state index in [9.17, 15) is 19.5 Å². The zero-order valence-corrected chi connectivity index (χ0v) is 37.9. The fraction of sp³-hybridized carbons (Fsp3) is 0.240. The lowest BCUT2D eigenvalue weighted by atomic mass is 10.0. The molecule has 6 aromatic rings. The number of carbonyl (C=O) groups excluding carboxylic acids is 2. The number of unbranched alkanes of at least 4 members (excludes halogenated alkanes) is 2. The first-order valence-electron chi connectivity index (χ1n) is 21.8. The zero-order valence-electron chi connectivity index (χ0n) is 37.1. The van der Waals surface area contributed by atoms with Gasteiger partial charge in [0, 0.05) is 47.7 Å². The highest BCUT2D eigenvalue weighted by molar-refractivity contribution is 7.94. The Hall–Kier alpha value is -7.51. The van der Waals surface area contributed by atoms with E-state index in [-0.39, 0.29) is 31.4 Å². The number of hydrogen-bond donors (Lipinski definition) is 4. The predicted octanol–water partition coefficient (Wildman–Crippen LogP) is 8.45. The lowest BCUT2D eigenvalue weighted by molar-refractivity contribution is -0.447. The minimum atomic E-state index is -1.12. The number of rotatable bonds is 26. The van der Waals surface area contributed by atoms with Crippen LogP contribution in [0.4, 0.5) is 5.82 Å². The lowest BCUT2D eigenvalue weighted by Gasteiger charge is -2.15. The summed E-state index contributed by atoms with van der Waals surface area (Å²) in [6.45, 7) is 1.30. The number of aromatic nitrogens is 2. The van der Waals surface area contributed by atoms with Crippen LogP contribution in [0.5, 0.6) is 23.1 Å². The smallest absolute Gasteiger partial charge is 0.326 e. The summed E-state index contributed by atoms with van der Waals surface area (Å²) in [4.78, 5) is 51.7. The summed E-state index contributed by atoms with van der Waals surface area (Å²) in [5.74, 6) is 1.19. The Morgan fingerprint density at radius 1 is 0.824 bits per heavy atom. The van der Waals surface area contributed by atoms with E-state index in [1.807, 2.05) is 84.9 Å². The van der Waals surface area contributed by atoms with E-state index in [4.69, 9.17) is 28.3 Å². The average Bonchev–Trinajstić information content (AvgIpc) is 3.84. The van der Waals surface area contributed by atoms with Gasteiger partial charge < -0.3 is 34.7 Å². The average molecular weight is 943 g/mol. The number of nitrogens with one attached hydrogen (secondary N) is 3. The van der Waals surface area contributed by atoms with E-state index in [1.54, 1.807) is 42.6 Å². The van der Waals surface area contributed by atoms with Crippen LogP contribution in [0, 0.1) is 0 Å². The van der Waals surface area contributed by atoms with Crippen molar-refractivity contribution in [2.45, 2.75) is 49.5 Å². The van der Waals surface area contributed by atoms with Crippen molar-refractivity contribution >= 4 is 41.9 Å². The number of hydrogen-bond acceptors (Lipinski definition) is 15. The van der Waals surface area contributed by atoms with Gasteiger partial charge in [-0.15, -0.1) is 4.33 Å². The first-order chi connectivity index (χ1) is 33.3. The SMILES string of the molecule is COOOSc1ccccc1/C=N/Nc1ccc(C(=O)NCCCOc2ccc(CC(NC(=O)CCCCCOc3cc(-c4ccc5c(c4)OCO5)cc(-c4ccccc4)n3)C(=O)O)cc2)cn1. The molecule has 2 amide bonds. The van der Waals surface area contributed by atoms with E-state index < -0.39 is 12.0 Å². The van der Waals surface area contributed by atoms with Crippen LogP contribution in [0.3, 0.4) is 0 Å². The fourth-order valence-corrected chi connectivity index (χ4v) is 7.32. The van der Waals surface area contributed by atoms with Crippen LogP contribution >= 0.6 is 12.0 Å². The molecule has 0 bridgehead atoms. The molecule has 1 atom stereocenters. The van der Waals surface area contributed by atoms with Gasteiger partial charge in [0.2, 0.25) is 18.6 Å². The van der Waals surface area contributed by atoms with Gasteiger partial charge in [0.1, 0.15) is 17.6 Å².